The van der Waals surface area contributed by atoms with Crippen molar-refractivity contribution in [3.05, 3.63) is 83.9 Å². The van der Waals surface area contributed by atoms with E-state index >= 15 is 0 Å². The highest BCUT2D eigenvalue weighted by molar-refractivity contribution is 7.92. The Bertz CT molecular complexity index is 1450. The van der Waals surface area contributed by atoms with Crippen LogP contribution < -0.4 is 19.1 Å². The lowest BCUT2D eigenvalue weighted by Gasteiger charge is -2.32. The molecule has 0 aromatic heterocycles. The number of ether oxygens (including phenoxy) is 2. The molecule has 0 unspecified atom stereocenters. The van der Waals surface area contributed by atoms with Crippen LogP contribution in [0, 0.1) is 11.6 Å². The number of amides is 2. The molecular formula is C28H31F2N3O6S. The first-order valence-electron chi connectivity index (χ1n) is 12.3. The molecule has 0 aliphatic carbocycles. The van der Waals surface area contributed by atoms with Crippen molar-refractivity contribution in [3.8, 4) is 11.5 Å². The van der Waals surface area contributed by atoms with Crippen molar-refractivity contribution >= 4 is 27.5 Å². The van der Waals surface area contributed by atoms with Gasteiger partial charge in [-0.25, -0.2) is 17.2 Å². The maximum Gasteiger partial charge on any atom is 0.264 e. The SMILES string of the molecule is CCNC(=O)[C@H](C)N(Cc1ccccc1F)C(=O)CN(c1ccc(F)cc1)S(=O)(=O)c1ccc(OC)c(OC)c1. The Morgan fingerprint density at radius 2 is 1.60 bits per heavy atom. The number of hydrogen-bond acceptors (Lipinski definition) is 6. The van der Waals surface area contributed by atoms with Crippen molar-refractivity contribution in [3.63, 3.8) is 0 Å². The number of halogens is 2. The summed E-state index contributed by atoms with van der Waals surface area (Å²) in [5.41, 5.74) is 0.143. The van der Waals surface area contributed by atoms with Gasteiger partial charge in [0.1, 0.15) is 24.2 Å². The quantitative estimate of drug-likeness (QED) is 0.353. The van der Waals surface area contributed by atoms with Gasteiger partial charge >= 0.3 is 0 Å². The molecule has 0 spiro atoms. The number of rotatable bonds is 12. The van der Waals surface area contributed by atoms with E-state index in [1.807, 2.05) is 0 Å². The van der Waals surface area contributed by atoms with Crippen LogP contribution in [0.15, 0.2) is 71.6 Å². The number of likely N-dealkylation sites (N-methyl/N-ethyl adjacent to an activating group) is 1. The Hall–Kier alpha value is -4.19. The largest absolute Gasteiger partial charge is 0.493 e. The maximum absolute atomic E-state index is 14.5. The highest BCUT2D eigenvalue weighted by Gasteiger charge is 2.33. The molecule has 0 fully saturated rings. The van der Waals surface area contributed by atoms with Crippen LogP contribution in [0.25, 0.3) is 0 Å². The van der Waals surface area contributed by atoms with Gasteiger partial charge in [0.2, 0.25) is 11.8 Å². The lowest BCUT2D eigenvalue weighted by molar-refractivity contribution is -0.139. The van der Waals surface area contributed by atoms with Gasteiger partial charge in [-0.2, -0.15) is 0 Å². The maximum atomic E-state index is 14.5. The summed E-state index contributed by atoms with van der Waals surface area (Å²) in [7, 11) is -1.69. The van der Waals surface area contributed by atoms with E-state index in [2.05, 4.69) is 5.32 Å². The second-order valence-corrected chi connectivity index (χ2v) is 10.6. The third-order valence-corrected chi connectivity index (χ3v) is 7.92. The van der Waals surface area contributed by atoms with Gasteiger partial charge < -0.3 is 19.7 Å². The van der Waals surface area contributed by atoms with Crippen molar-refractivity contribution in [1.82, 2.24) is 10.2 Å². The van der Waals surface area contributed by atoms with E-state index in [0.29, 0.717) is 6.54 Å². The molecule has 214 valence electrons. The van der Waals surface area contributed by atoms with E-state index in [4.69, 9.17) is 9.47 Å². The highest BCUT2D eigenvalue weighted by atomic mass is 32.2. The molecule has 0 saturated heterocycles. The Morgan fingerprint density at radius 3 is 2.20 bits per heavy atom. The fourth-order valence-corrected chi connectivity index (χ4v) is 5.39. The summed E-state index contributed by atoms with van der Waals surface area (Å²) < 4.78 is 67.3. The van der Waals surface area contributed by atoms with Crippen molar-refractivity contribution in [1.29, 1.82) is 0 Å². The molecule has 9 nitrogen and oxygen atoms in total. The molecule has 0 aliphatic rings. The molecule has 3 rings (SSSR count). The topological polar surface area (TPSA) is 105 Å². The van der Waals surface area contributed by atoms with Crippen LogP contribution >= 0.6 is 0 Å². The van der Waals surface area contributed by atoms with Gasteiger partial charge in [0.05, 0.1) is 24.8 Å². The number of hydrogen-bond donors (Lipinski definition) is 1. The van der Waals surface area contributed by atoms with Gasteiger partial charge in [0, 0.05) is 24.7 Å². The van der Waals surface area contributed by atoms with E-state index in [9.17, 15) is 26.8 Å². The summed E-state index contributed by atoms with van der Waals surface area (Å²) in [6, 6.07) is 13.2. The molecule has 0 aliphatic heterocycles. The van der Waals surface area contributed by atoms with Crippen LogP contribution in [0.5, 0.6) is 11.5 Å². The summed E-state index contributed by atoms with van der Waals surface area (Å²) >= 11 is 0. The number of benzene rings is 3. The first-order valence-corrected chi connectivity index (χ1v) is 13.8. The number of nitrogens with one attached hydrogen (secondary N) is 1. The van der Waals surface area contributed by atoms with Gasteiger partial charge in [0.15, 0.2) is 11.5 Å². The van der Waals surface area contributed by atoms with Crippen LogP contribution in [0.3, 0.4) is 0 Å². The van der Waals surface area contributed by atoms with E-state index in [1.165, 1.54) is 69.7 Å². The van der Waals surface area contributed by atoms with Crippen molar-refractivity contribution in [2.45, 2.75) is 31.3 Å². The zero-order valence-electron chi connectivity index (χ0n) is 22.6. The Kier molecular flexibility index (Phi) is 10.1. The fourth-order valence-electron chi connectivity index (χ4n) is 3.96. The predicted molar refractivity (Wildman–Crippen MR) is 146 cm³/mol. The van der Waals surface area contributed by atoms with Crippen LogP contribution in [0.4, 0.5) is 14.5 Å². The molecule has 12 heteroatoms. The lowest BCUT2D eigenvalue weighted by atomic mass is 10.1. The summed E-state index contributed by atoms with van der Waals surface area (Å²) in [6.07, 6.45) is 0. The van der Waals surface area contributed by atoms with E-state index in [0.717, 1.165) is 21.3 Å². The number of anilines is 1. The summed E-state index contributed by atoms with van der Waals surface area (Å²) in [4.78, 5) is 27.3. The average Bonchev–Trinajstić information content (AvgIpc) is 2.95. The van der Waals surface area contributed by atoms with Gasteiger partial charge in [0.25, 0.3) is 10.0 Å². The predicted octanol–water partition coefficient (Wildman–Crippen LogP) is 3.73. The highest BCUT2D eigenvalue weighted by Crippen LogP contribution is 2.32. The van der Waals surface area contributed by atoms with Crippen LogP contribution in [0.1, 0.15) is 19.4 Å². The van der Waals surface area contributed by atoms with E-state index in [-0.39, 0.29) is 34.2 Å². The van der Waals surface area contributed by atoms with E-state index < -0.39 is 46.1 Å². The van der Waals surface area contributed by atoms with Crippen LogP contribution in [-0.4, -0.2) is 58.5 Å². The average molecular weight is 576 g/mol. The molecule has 0 heterocycles. The summed E-state index contributed by atoms with van der Waals surface area (Å²) in [6.45, 7) is 2.41. The normalized spacial score (nSPS) is 11.8. The smallest absolute Gasteiger partial charge is 0.264 e. The molecule has 3 aromatic rings. The standard InChI is InChI=1S/C28H31F2N3O6S/c1-5-31-28(35)19(2)32(17-20-8-6-7-9-24(20)30)27(34)18-33(22-12-10-21(29)11-13-22)40(36,37)23-14-15-25(38-3)26(16-23)39-4/h6-16,19H,5,17-18H2,1-4H3,(H,31,35)/t19-/m0/s1. The summed E-state index contributed by atoms with van der Waals surface area (Å²) in [5, 5.41) is 2.63. The number of sulfonamides is 1. The molecule has 40 heavy (non-hydrogen) atoms. The monoisotopic (exact) mass is 575 g/mol. The number of methoxy groups -OCH3 is 2. The van der Waals surface area contributed by atoms with E-state index in [1.54, 1.807) is 13.0 Å². The van der Waals surface area contributed by atoms with Crippen molar-refractivity contribution in [2.75, 3.05) is 31.6 Å². The zero-order chi connectivity index (χ0) is 29.4. The molecule has 3 aromatic carbocycles. The number of carbonyl (C=O) groups is 2. The van der Waals surface area contributed by atoms with Crippen LogP contribution in [0.2, 0.25) is 0 Å². The zero-order valence-corrected chi connectivity index (χ0v) is 23.4. The minimum absolute atomic E-state index is 0.000962. The van der Waals surface area contributed by atoms with Gasteiger partial charge in [-0.1, -0.05) is 18.2 Å². The fraction of sp³-hybridized carbons (Fsp3) is 0.286. The first-order chi connectivity index (χ1) is 19.0. The molecule has 0 radical (unpaired) electrons. The molecule has 1 atom stereocenters. The molecular weight excluding hydrogens is 544 g/mol. The van der Waals surface area contributed by atoms with Crippen molar-refractivity contribution in [2.24, 2.45) is 0 Å². The lowest BCUT2D eigenvalue weighted by Crippen LogP contribution is -2.51. The Labute approximate surface area is 232 Å². The molecule has 0 bridgehead atoms. The van der Waals surface area contributed by atoms with Gasteiger partial charge in [-0.3, -0.25) is 13.9 Å². The molecule has 1 N–H and O–H groups in total. The Balaban J connectivity index is 2.08. The van der Waals surface area contributed by atoms with Crippen molar-refractivity contribution < 1.29 is 36.3 Å². The molecule has 0 saturated carbocycles. The second kappa shape index (κ2) is 13.2. The minimum Gasteiger partial charge on any atom is -0.493 e. The minimum atomic E-state index is -4.44. The Morgan fingerprint density at radius 1 is 0.950 bits per heavy atom. The number of carbonyl (C=O) groups excluding carboxylic acids is 2. The third kappa shape index (κ3) is 6.87. The van der Waals surface area contributed by atoms with Gasteiger partial charge in [-0.15, -0.1) is 0 Å². The number of nitrogens with zero attached hydrogens (tertiary/aromatic N) is 2. The first kappa shape index (κ1) is 30.4. The second-order valence-electron chi connectivity index (χ2n) is 8.69. The van der Waals surface area contributed by atoms with Gasteiger partial charge in [-0.05, 0) is 56.3 Å². The third-order valence-electron chi connectivity index (χ3n) is 6.15. The van der Waals surface area contributed by atoms with Crippen LogP contribution in [-0.2, 0) is 26.2 Å². The molecule has 2 amide bonds. The summed E-state index contributed by atoms with van der Waals surface area (Å²) in [5.74, 6) is -2.04.